The highest BCUT2D eigenvalue weighted by atomic mass is 35.5. The third-order valence-electron chi connectivity index (χ3n) is 2.91. The summed E-state index contributed by atoms with van der Waals surface area (Å²) in [6.07, 6.45) is 0. The average Bonchev–Trinajstić information content (AvgIpc) is 2.50. The summed E-state index contributed by atoms with van der Waals surface area (Å²) in [6.45, 7) is 0. The molecule has 0 radical (unpaired) electrons. The first-order chi connectivity index (χ1) is 11.0. The van der Waals surface area contributed by atoms with Crippen molar-refractivity contribution < 1.29 is 30.8 Å². The fourth-order valence-corrected chi connectivity index (χ4v) is 2.64. The van der Waals surface area contributed by atoms with Crippen LogP contribution in [0.4, 0.5) is 23.2 Å². The SMILES string of the molecule is O=C(Nc1ccc(F)c(Cl)c1)c1ccc(S(=O)(=O)C(F)(F)F)cc1. The lowest BCUT2D eigenvalue weighted by molar-refractivity contribution is -0.0436. The molecule has 128 valence electrons. The second-order valence-electron chi connectivity index (χ2n) is 4.56. The Morgan fingerprint density at radius 1 is 1.04 bits per heavy atom. The predicted octanol–water partition coefficient (Wildman–Crippen LogP) is 4.02. The third kappa shape index (κ3) is 3.68. The largest absolute Gasteiger partial charge is 0.501 e. The summed E-state index contributed by atoms with van der Waals surface area (Å²) in [5.74, 6) is -1.41. The molecule has 0 bridgehead atoms. The molecule has 24 heavy (non-hydrogen) atoms. The van der Waals surface area contributed by atoms with Crippen LogP contribution in [0, 0.1) is 5.82 Å². The van der Waals surface area contributed by atoms with Crippen LogP contribution in [-0.4, -0.2) is 19.8 Å². The monoisotopic (exact) mass is 381 g/mol. The minimum absolute atomic E-state index is 0.0865. The molecule has 1 N–H and O–H groups in total. The summed E-state index contributed by atoms with van der Waals surface area (Å²) in [7, 11) is -5.48. The number of hydrogen-bond donors (Lipinski definition) is 1. The Morgan fingerprint density at radius 2 is 1.62 bits per heavy atom. The second-order valence-corrected chi connectivity index (χ2v) is 6.90. The third-order valence-corrected chi connectivity index (χ3v) is 4.70. The van der Waals surface area contributed by atoms with Crippen molar-refractivity contribution in [3.05, 3.63) is 58.9 Å². The van der Waals surface area contributed by atoms with Gasteiger partial charge >= 0.3 is 5.51 Å². The van der Waals surface area contributed by atoms with Crippen molar-refractivity contribution in [1.82, 2.24) is 0 Å². The van der Waals surface area contributed by atoms with Gasteiger partial charge in [0.05, 0.1) is 9.92 Å². The highest BCUT2D eigenvalue weighted by Crippen LogP contribution is 2.30. The quantitative estimate of drug-likeness (QED) is 0.817. The molecular formula is C14H8ClF4NO3S. The Morgan fingerprint density at radius 3 is 2.12 bits per heavy atom. The van der Waals surface area contributed by atoms with Crippen molar-refractivity contribution in [3.63, 3.8) is 0 Å². The van der Waals surface area contributed by atoms with E-state index in [9.17, 15) is 30.8 Å². The van der Waals surface area contributed by atoms with Gasteiger partial charge in [-0.3, -0.25) is 4.79 Å². The first-order valence-electron chi connectivity index (χ1n) is 6.20. The lowest BCUT2D eigenvalue weighted by Crippen LogP contribution is -2.23. The predicted molar refractivity (Wildman–Crippen MR) is 79.0 cm³/mol. The Bertz CT molecular complexity index is 880. The number of halogens is 5. The molecular weight excluding hydrogens is 374 g/mol. The van der Waals surface area contributed by atoms with Crippen LogP contribution in [-0.2, 0) is 9.84 Å². The molecule has 0 heterocycles. The number of carbonyl (C=O) groups excluding carboxylic acids is 1. The normalized spacial score (nSPS) is 12.0. The number of benzene rings is 2. The zero-order chi connectivity index (χ0) is 18.1. The summed E-state index contributed by atoms with van der Waals surface area (Å²) >= 11 is 5.56. The van der Waals surface area contributed by atoms with Crippen LogP contribution in [0.1, 0.15) is 10.4 Å². The van der Waals surface area contributed by atoms with Gasteiger partial charge in [0, 0.05) is 11.3 Å². The first kappa shape index (κ1) is 18.2. The molecule has 4 nitrogen and oxygen atoms in total. The molecule has 0 unspecified atom stereocenters. The molecule has 0 atom stereocenters. The molecule has 0 saturated heterocycles. The van der Waals surface area contributed by atoms with E-state index < -0.39 is 32.0 Å². The molecule has 1 amide bonds. The Balaban J connectivity index is 2.21. The van der Waals surface area contributed by atoms with E-state index in [4.69, 9.17) is 11.6 Å². The van der Waals surface area contributed by atoms with E-state index in [2.05, 4.69) is 5.32 Å². The molecule has 0 spiro atoms. The Kier molecular flexibility index (Phi) is 4.86. The van der Waals surface area contributed by atoms with Gasteiger partial charge in [-0.15, -0.1) is 0 Å². The van der Waals surface area contributed by atoms with E-state index in [1.165, 1.54) is 6.07 Å². The van der Waals surface area contributed by atoms with Crippen LogP contribution in [0.3, 0.4) is 0 Å². The minimum Gasteiger partial charge on any atom is -0.322 e. The molecule has 0 aliphatic carbocycles. The maximum Gasteiger partial charge on any atom is 0.501 e. The number of carbonyl (C=O) groups is 1. The minimum atomic E-state index is -5.48. The Labute approximate surface area is 139 Å². The van der Waals surface area contributed by atoms with E-state index >= 15 is 0 Å². The van der Waals surface area contributed by atoms with E-state index in [1.54, 1.807) is 0 Å². The number of amides is 1. The lowest BCUT2D eigenvalue weighted by atomic mass is 10.2. The molecule has 2 rings (SSSR count). The number of alkyl halides is 3. The second kappa shape index (κ2) is 6.40. The van der Waals surface area contributed by atoms with Gasteiger partial charge in [-0.25, -0.2) is 12.8 Å². The summed E-state index contributed by atoms with van der Waals surface area (Å²) in [5.41, 5.74) is -5.35. The van der Waals surface area contributed by atoms with Crippen molar-refractivity contribution in [2.24, 2.45) is 0 Å². The van der Waals surface area contributed by atoms with E-state index in [0.29, 0.717) is 12.1 Å². The summed E-state index contributed by atoms with van der Waals surface area (Å²) < 4.78 is 72.7. The molecule has 0 saturated carbocycles. The number of anilines is 1. The van der Waals surface area contributed by atoms with Gasteiger partial charge in [-0.2, -0.15) is 13.2 Å². The topological polar surface area (TPSA) is 63.2 Å². The van der Waals surface area contributed by atoms with Gasteiger partial charge in [0.2, 0.25) is 0 Å². The average molecular weight is 382 g/mol. The number of rotatable bonds is 3. The van der Waals surface area contributed by atoms with Crippen molar-refractivity contribution >= 4 is 33.0 Å². The van der Waals surface area contributed by atoms with Crippen molar-refractivity contribution in [3.8, 4) is 0 Å². The van der Waals surface area contributed by atoms with E-state index in [1.807, 2.05) is 0 Å². The van der Waals surface area contributed by atoms with E-state index in [0.717, 1.165) is 24.3 Å². The number of sulfone groups is 1. The van der Waals surface area contributed by atoms with Crippen LogP contribution < -0.4 is 5.32 Å². The van der Waals surface area contributed by atoms with Crippen LogP contribution >= 0.6 is 11.6 Å². The lowest BCUT2D eigenvalue weighted by Gasteiger charge is -2.09. The fraction of sp³-hybridized carbons (Fsp3) is 0.0714. The van der Waals surface area contributed by atoms with Crippen LogP contribution in [0.5, 0.6) is 0 Å². The highest BCUT2D eigenvalue weighted by molar-refractivity contribution is 7.92. The van der Waals surface area contributed by atoms with Gasteiger partial charge in [0.1, 0.15) is 5.82 Å². The maximum atomic E-state index is 13.0. The number of hydrogen-bond acceptors (Lipinski definition) is 3. The molecule has 2 aromatic carbocycles. The maximum absolute atomic E-state index is 13.0. The summed E-state index contributed by atoms with van der Waals surface area (Å²) in [4.78, 5) is 11.0. The zero-order valence-corrected chi connectivity index (χ0v) is 13.1. The molecule has 0 fully saturated rings. The zero-order valence-electron chi connectivity index (χ0n) is 11.6. The summed E-state index contributed by atoms with van der Waals surface area (Å²) in [6, 6.07) is 6.62. The van der Waals surface area contributed by atoms with Gasteiger partial charge in [0.25, 0.3) is 15.7 Å². The fourth-order valence-electron chi connectivity index (χ4n) is 1.70. The van der Waals surface area contributed by atoms with Gasteiger partial charge in [-0.1, -0.05) is 11.6 Å². The van der Waals surface area contributed by atoms with Crippen LogP contribution in [0.25, 0.3) is 0 Å². The smallest absolute Gasteiger partial charge is 0.322 e. The molecule has 0 aliphatic heterocycles. The number of nitrogens with one attached hydrogen (secondary N) is 1. The van der Waals surface area contributed by atoms with Crippen molar-refractivity contribution in [1.29, 1.82) is 0 Å². The summed E-state index contributed by atoms with van der Waals surface area (Å²) in [5, 5.41) is 2.13. The van der Waals surface area contributed by atoms with Crippen molar-refractivity contribution in [2.45, 2.75) is 10.4 Å². The molecule has 0 aliphatic rings. The highest BCUT2D eigenvalue weighted by Gasteiger charge is 2.46. The van der Waals surface area contributed by atoms with Gasteiger partial charge < -0.3 is 5.32 Å². The molecule has 10 heteroatoms. The van der Waals surface area contributed by atoms with Crippen molar-refractivity contribution in [2.75, 3.05) is 5.32 Å². The Hall–Kier alpha value is -2.13. The van der Waals surface area contributed by atoms with E-state index in [-0.39, 0.29) is 16.3 Å². The first-order valence-corrected chi connectivity index (χ1v) is 8.06. The molecule has 2 aromatic rings. The molecule has 0 aromatic heterocycles. The van der Waals surface area contributed by atoms with Crippen LogP contribution in [0.15, 0.2) is 47.4 Å². The van der Waals surface area contributed by atoms with Crippen LogP contribution in [0.2, 0.25) is 5.02 Å². The standard InChI is InChI=1S/C14H8ClF4NO3S/c15-11-7-9(3-6-12(11)16)20-13(21)8-1-4-10(5-2-8)24(22,23)14(17,18)19/h1-7H,(H,20,21). The van der Waals surface area contributed by atoms with Gasteiger partial charge in [-0.05, 0) is 42.5 Å². The van der Waals surface area contributed by atoms with Gasteiger partial charge in [0.15, 0.2) is 0 Å².